The standard InChI is InChI=1S/C15H8ClF2NO/c16-14-7-11(18)5-6-12(14)15(20)13(8-19)9-1-3-10(17)4-2-9/h1-7,13H. The van der Waals surface area contributed by atoms with E-state index in [0.29, 0.717) is 5.56 Å². The van der Waals surface area contributed by atoms with Crippen molar-refractivity contribution in [2.75, 3.05) is 0 Å². The van der Waals surface area contributed by atoms with Crippen molar-refractivity contribution in [2.45, 2.75) is 5.92 Å². The number of hydrogen-bond acceptors (Lipinski definition) is 2. The zero-order chi connectivity index (χ0) is 14.7. The summed E-state index contributed by atoms with van der Waals surface area (Å²) in [6.07, 6.45) is 0. The zero-order valence-electron chi connectivity index (χ0n) is 10.1. The van der Waals surface area contributed by atoms with Gasteiger partial charge in [-0.05, 0) is 35.9 Å². The van der Waals surface area contributed by atoms with Gasteiger partial charge in [0.15, 0.2) is 5.78 Å². The molecule has 20 heavy (non-hydrogen) atoms. The van der Waals surface area contributed by atoms with Gasteiger partial charge in [-0.25, -0.2) is 8.78 Å². The van der Waals surface area contributed by atoms with E-state index in [1.54, 1.807) is 0 Å². The smallest absolute Gasteiger partial charge is 0.185 e. The first kappa shape index (κ1) is 14.2. The molecule has 2 rings (SSSR count). The van der Waals surface area contributed by atoms with Crippen molar-refractivity contribution in [2.24, 2.45) is 0 Å². The Hall–Kier alpha value is -2.25. The molecule has 0 N–H and O–H groups in total. The van der Waals surface area contributed by atoms with Gasteiger partial charge in [0.05, 0.1) is 11.1 Å². The van der Waals surface area contributed by atoms with Crippen molar-refractivity contribution in [1.82, 2.24) is 0 Å². The van der Waals surface area contributed by atoms with Crippen LogP contribution in [0.1, 0.15) is 21.8 Å². The number of benzene rings is 2. The Kier molecular flexibility index (Phi) is 4.11. The number of Topliss-reactive ketones (excluding diaryl/α,β-unsaturated/α-hetero) is 1. The average molecular weight is 292 g/mol. The second-order valence-corrected chi connectivity index (χ2v) is 4.51. The third kappa shape index (κ3) is 2.84. The SMILES string of the molecule is N#CC(C(=O)c1ccc(F)cc1Cl)c1ccc(F)cc1. The van der Waals surface area contributed by atoms with E-state index in [9.17, 15) is 13.6 Å². The summed E-state index contributed by atoms with van der Waals surface area (Å²) in [6.45, 7) is 0. The van der Waals surface area contributed by atoms with Gasteiger partial charge >= 0.3 is 0 Å². The Morgan fingerprint density at radius 2 is 1.70 bits per heavy atom. The Balaban J connectivity index is 2.39. The Bertz CT molecular complexity index is 692. The topological polar surface area (TPSA) is 40.9 Å². The van der Waals surface area contributed by atoms with Crippen LogP contribution in [0.5, 0.6) is 0 Å². The lowest BCUT2D eigenvalue weighted by Crippen LogP contribution is -2.12. The number of rotatable bonds is 3. The molecule has 1 unspecified atom stereocenters. The van der Waals surface area contributed by atoms with Crippen LogP contribution in [0, 0.1) is 23.0 Å². The Morgan fingerprint density at radius 3 is 2.25 bits per heavy atom. The highest BCUT2D eigenvalue weighted by molar-refractivity contribution is 6.34. The van der Waals surface area contributed by atoms with E-state index in [1.165, 1.54) is 30.3 Å². The molecule has 2 aromatic carbocycles. The largest absolute Gasteiger partial charge is 0.292 e. The summed E-state index contributed by atoms with van der Waals surface area (Å²) in [6, 6.07) is 10.2. The highest BCUT2D eigenvalue weighted by atomic mass is 35.5. The molecule has 0 aliphatic rings. The molecule has 100 valence electrons. The van der Waals surface area contributed by atoms with Crippen molar-refractivity contribution in [3.8, 4) is 6.07 Å². The van der Waals surface area contributed by atoms with Gasteiger partial charge in [-0.1, -0.05) is 23.7 Å². The lowest BCUT2D eigenvalue weighted by molar-refractivity contribution is 0.0979. The van der Waals surface area contributed by atoms with Gasteiger partial charge in [0.25, 0.3) is 0 Å². The van der Waals surface area contributed by atoms with Gasteiger partial charge in [0, 0.05) is 5.56 Å². The van der Waals surface area contributed by atoms with E-state index in [2.05, 4.69) is 0 Å². The number of carbonyl (C=O) groups excluding carboxylic acids is 1. The third-order valence-electron chi connectivity index (χ3n) is 2.79. The molecule has 0 spiro atoms. The van der Waals surface area contributed by atoms with E-state index in [4.69, 9.17) is 16.9 Å². The maximum atomic E-state index is 13.0. The molecule has 0 bridgehead atoms. The molecule has 1 atom stereocenters. The summed E-state index contributed by atoms with van der Waals surface area (Å²) >= 11 is 5.81. The molecule has 0 radical (unpaired) electrons. The normalized spacial score (nSPS) is 11.7. The number of carbonyl (C=O) groups is 1. The minimum atomic E-state index is -1.11. The molecule has 0 amide bonds. The van der Waals surface area contributed by atoms with Crippen LogP contribution in [-0.2, 0) is 0 Å². The number of hydrogen-bond donors (Lipinski definition) is 0. The van der Waals surface area contributed by atoms with Crippen molar-refractivity contribution < 1.29 is 13.6 Å². The molecule has 0 aromatic heterocycles. The van der Waals surface area contributed by atoms with E-state index < -0.39 is 23.3 Å². The van der Waals surface area contributed by atoms with Crippen molar-refractivity contribution >= 4 is 17.4 Å². The number of ketones is 1. The number of nitriles is 1. The molecular weight excluding hydrogens is 284 g/mol. The van der Waals surface area contributed by atoms with Crippen LogP contribution in [0.4, 0.5) is 8.78 Å². The van der Waals surface area contributed by atoms with Crippen LogP contribution in [0.3, 0.4) is 0 Å². The molecule has 0 aliphatic heterocycles. The zero-order valence-corrected chi connectivity index (χ0v) is 10.9. The van der Waals surface area contributed by atoms with Crippen LogP contribution < -0.4 is 0 Å². The monoisotopic (exact) mass is 291 g/mol. The van der Waals surface area contributed by atoms with E-state index in [1.807, 2.05) is 6.07 Å². The molecule has 0 heterocycles. The number of halogens is 3. The van der Waals surface area contributed by atoms with E-state index >= 15 is 0 Å². The first-order valence-corrected chi connectivity index (χ1v) is 6.05. The molecule has 0 aliphatic carbocycles. The third-order valence-corrected chi connectivity index (χ3v) is 3.10. The highest BCUT2D eigenvalue weighted by Gasteiger charge is 2.23. The first-order chi connectivity index (χ1) is 9.52. The molecular formula is C15H8ClF2NO. The lowest BCUT2D eigenvalue weighted by atomic mass is 9.92. The summed E-state index contributed by atoms with van der Waals surface area (Å²) in [7, 11) is 0. The van der Waals surface area contributed by atoms with Crippen molar-refractivity contribution in [1.29, 1.82) is 5.26 Å². The maximum Gasteiger partial charge on any atom is 0.185 e. The molecule has 2 nitrogen and oxygen atoms in total. The fourth-order valence-electron chi connectivity index (χ4n) is 1.78. The fourth-order valence-corrected chi connectivity index (χ4v) is 2.04. The van der Waals surface area contributed by atoms with Crippen molar-refractivity contribution in [3.63, 3.8) is 0 Å². The van der Waals surface area contributed by atoms with Gasteiger partial charge in [0.2, 0.25) is 0 Å². The fraction of sp³-hybridized carbons (Fsp3) is 0.0667. The number of nitrogens with zero attached hydrogens (tertiary/aromatic N) is 1. The first-order valence-electron chi connectivity index (χ1n) is 5.67. The molecule has 0 fully saturated rings. The predicted molar refractivity (Wildman–Crippen MR) is 70.5 cm³/mol. The molecule has 0 saturated heterocycles. The van der Waals surface area contributed by atoms with Crippen molar-refractivity contribution in [3.05, 3.63) is 70.2 Å². The van der Waals surface area contributed by atoms with Gasteiger partial charge < -0.3 is 0 Å². The highest BCUT2D eigenvalue weighted by Crippen LogP contribution is 2.25. The summed E-state index contributed by atoms with van der Waals surface area (Å²) in [4.78, 5) is 12.3. The molecule has 5 heteroatoms. The maximum absolute atomic E-state index is 13.0. The summed E-state index contributed by atoms with van der Waals surface area (Å²) in [5, 5.41) is 9.09. The van der Waals surface area contributed by atoms with Crippen LogP contribution in [0.15, 0.2) is 42.5 Å². The van der Waals surface area contributed by atoms with E-state index in [0.717, 1.165) is 12.1 Å². The summed E-state index contributed by atoms with van der Waals surface area (Å²) in [5.41, 5.74) is 0.420. The van der Waals surface area contributed by atoms with Crippen LogP contribution in [0.2, 0.25) is 5.02 Å². The summed E-state index contributed by atoms with van der Waals surface area (Å²) < 4.78 is 25.8. The summed E-state index contributed by atoms with van der Waals surface area (Å²) in [5.74, 6) is -2.69. The minimum Gasteiger partial charge on any atom is -0.292 e. The Morgan fingerprint density at radius 1 is 1.10 bits per heavy atom. The molecule has 2 aromatic rings. The minimum absolute atomic E-state index is 0.0580. The second kappa shape index (κ2) is 5.81. The average Bonchev–Trinajstić information content (AvgIpc) is 2.41. The van der Waals surface area contributed by atoms with Crippen LogP contribution in [0.25, 0.3) is 0 Å². The van der Waals surface area contributed by atoms with Gasteiger partial charge in [-0.2, -0.15) is 5.26 Å². The van der Waals surface area contributed by atoms with Crippen LogP contribution in [-0.4, -0.2) is 5.78 Å². The van der Waals surface area contributed by atoms with Crippen LogP contribution >= 0.6 is 11.6 Å². The lowest BCUT2D eigenvalue weighted by Gasteiger charge is -2.10. The second-order valence-electron chi connectivity index (χ2n) is 4.10. The quantitative estimate of drug-likeness (QED) is 0.799. The molecule has 0 saturated carbocycles. The van der Waals surface area contributed by atoms with Gasteiger partial charge in [-0.15, -0.1) is 0 Å². The van der Waals surface area contributed by atoms with Gasteiger partial charge in [0.1, 0.15) is 17.6 Å². The Labute approximate surface area is 119 Å². The predicted octanol–water partition coefficient (Wildman–Crippen LogP) is 4.11. The van der Waals surface area contributed by atoms with Gasteiger partial charge in [-0.3, -0.25) is 4.79 Å². The van der Waals surface area contributed by atoms with E-state index in [-0.39, 0.29) is 10.6 Å².